The molecule has 0 spiro atoms. The molecular weight excluding hydrogens is 382 g/mol. The Morgan fingerprint density at radius 2 is 2.08 bits per heavy atom. The number of piperidine rings is 1. The molecule has 0 aliphatic carbocycles. The van der Waals surface area contributed by atoms with Crippen molar-refractivity contribution < 1.29 is 22.8 Å². The van der Waals surface area contributed by atoms with Crippen molar-refractivity contribution in [2.75, 3.05) is 44.2 Å². The molecule has 26 heavy (non-hydrogen) atoms. The van der Waals surface area contributed by atoms with Crippen LogP contribution in [0, 0.1) is 0 Å². The third-order valence-electron chi connectivity index (χ3n) is 4.98. The molecule has 1 atom stereocenters. The number of hydrogen-bond acceptors (Lipinski definition) is 7. The van der Waals surface area contributed by atoms with E-state index in [2.05, 4.69) is 5.16 Å². The third kappa shape index (κ3) is 5.18. The summed E-state index contributed by atoms with van der Waals surface area (Å²) in [6, 6.07) is 1.59. The van der Waals surface area contributed by atoms with Gasteiger partial charge in [0.05, 0.1) is 23.7 Å². The van der Waals surface area contributed by atoms with E-state index in [1.54, 1.807) is 11.0 Å². The molecule has 2 saturated heterocycles. The van der Waals surface area contributed by atoms with E-state index in [0.717, 1.165) is 6.42 Å². The van der Waals surface area contributed by atoms with E-state index in [1.165, 1.54) is 0 Å². The van der Waals surface area contributed by atoms with Crippen LogP contribution in [0.1, 0.15) is 25.0 Å². The van der Waals surface area contributed by atoms with Gasteiger partial charge in [0.1, 0.15) is 5.76 Å². The second-order valence-electron chi connectivity index (χ2n) is 7.19. The van der Waals surface area contributed by atoms with Crippen LogP contribution < -0.4 is 0 Å². The van der Waals surface area contributed by atoms with Crippen LogP contribution in [0.5, 0.6) is 0 Å². The molecule has 0 aromatic carbocycles. The van der Waals surface area contributed by atoms with Crippen molar-refractivity contribution in [1.29, 1.82) is 0 Å². The minimum Gasteiger partial charge on any atom is -0.387 e. The molecule has 0 saturated carbocycles. The molecule has 1 aromatic rings. The van der Waals surface area contributed by atoms with E-state index in [-0.39, 0.29) is 35.5 Å². The zero-order chi connectivity index (χ0) is 18.8. The van der Waals surface area contributed by atoms with Crippen LogP contribution in [0.3, 0.4) is 0 Å². The monoisotopic (exact) mass is 405 g/mol. The Morgan fingerprint density at radius 1 is 1.35 bits per heavy atom. The average molecular weight is 406 g/mol. The normalized spacial score (nSPS) is 26.8. The summed E-state index contributed by atoms with van der Waals surface area (Å²) in [7, 11) is -2.94. The number of aryl methyl sites for hydroxylation is 1. The van der Waals surface area contributed by atoms with Gasteiger partial charge in [-0.05, 0) is 12.8 Å². The fourth-order valence-electron chi connectivity index (χ4n) is 3.57. The van der Waals surface area contributed by atoms with E-state index in [0.29, 0.717) is 44.8 Å². The minimum absolute atomic E-state index is 0.0446. The lowest BCUT2D eigenvalue weighted by Gasteiger charge is -2.42. The number of rotatable bonds is 5. The first kappa shape index (κ1) is 19.6. The largest absolute Gasteiger partial charge is 0.387 e. The van der Waals surface area contributed by atoms with Crippen LogP contribution in [-0.4, -0.2) is 84.2 Å². The molecule has 1 unspecified atom stereocenters. The maximum Gasteiger partial charge on any atom is 0.223 e. The molecule has 3 rings (SSSR count). The van der Waals surface area contributed by atoms with Gasteiger partial charge < -0.3 is 14.5 Å². The Balaban J connectivity index is 1.51. The summed E-state index contributed by atoms with van der Waals surface area (Å²) in [6.07, 6.45) is 2.02. The predicted molar refractivity (Wildman–Crippen MR) is 95.7 cm³/mol. The minimum atomic E-state index is -2.94. The number of β-amino-alcohol motifs (C(OH)–C–C–N with tert-alkyl or cyclic N) is 1. The highest BCUT2D eigenvalue weighted by molar-refractivity contribution is 7.91. The quantitative estimate of drug-likeness (QED) is 0.753. The molecule has 1 aromatic heterocycles. The number of halogens is 1. The van der Waals surface area contributed by atoms with Gasteiger partial charge in [-0.3, -0.25) is 9.69 Å². The summed E-state index contributed by atoms with van der Waals surface area (Å²) >= 11 is 5.70. The van der Waals surface area contributed by atoms with Crippen molar-refractivity contribution in [1.82, 2.24) is 15.0 Å². The highest BCUT2D eigenvalue weighted by Crippen LogP contribution is 2.24. The summed E-state index contributed by atoms with van der Waals surface area (Å²) in [4.78, 5) is 16.1. The molecule has 0 radical (unpaired) electrons. The van der Waals surface area contributed by atoms with Crippen molar-refractivity contribution in [3.05, 3.63) is 17.0 Å². The first-order valence-corrected chi connectivity index (χ1v) is 11.0. The Bertz CT molecular complexity index is 739. The van der Waals surface area contributed by atoms with Crippen molar-refractivity contribution in [3.63, 3.8) is 0 Å². The van der Waals surface area contributed by atoms with Gasteiger partial charge >= 0.3 is 0 Å². The smallest absolute Gasteiger partial charge is 0.223 e. The van der Waals surface area contributed by atoms with Gasteiger partial charge in [0, 0.05) is 45.1 Å². The Hall–Kier alpha value is -1.16. The van der Waals surface area contributed by atoms with Gasteiger partial charge in [0.15, 0.2) is 15.0 Å². The first-order valence-electron chi connectivity index (χ1n) is 8.79. The fraction of sp³-hybridized carbons (Fsp3) is 0.750. The van der Waals surface area contributed by atoms with Crippen LogP contribution in [0.15, 0.2) is 10.6 Å². The molecule has 0 bridgehead atoms. The molecule has 8 nitrogen and oxygen atoms in total. The van der Waals surface area contributed by atoms with Gasteiger partial charge in [-0.1, -0.05) is 16.8 Å². The summed E-state index contributed by atoms with van der Waals surface area (Å²) in [5, 5.41) is 14.8. The van der Waals surface area contributed by atoms with Gasteiger partial charge in [-0.25, -0.2) is 8.42 Å². The number of aliphatic hydroxyl groups is 1. The van der Waals surface area contributed by atoms with Crippen molar-refractivity contribution >= 4 is 27.3 Å². The Labute approximate surface area is 158 Å². The second kappa shape index (κ2) is 7.84. The number of hydrogen-bond donors (Lipinski definition) is 1. The summed E-state index contributed by atoms with van der Waals surface area (Å²) < 4.78 is 28.1. The molecule has 146 valence electrons. The number of carbonyl (C=O) groups is 1. The van der Waals surface area contributed by atoms with Crippen molar-refractivity contribution in [2.24, 2.45) is 0 Å². The average Bonchev–Trinajstić information content (AvgIpc) is 3.00. The number of amides is 1. The second-order valence-corrected chi connectivity index (χ2v) is 9.88. The lowest BCUT2D eigenvalue weighted by atomic mass is 9.91. The topological polar surface area (TPSA) is 104 Å². The highest BCUT2D eigenvalue weighted by atomic mass is 35.5. The van der Waals surface area contributed by atoms with Crippen LogP contribution in [0.4, 0.5) is 0 Å². The zero-order valence-corrected chi connectivity index (χ0v) is 16.1. The molecule has 2 fully saturated rings. The molecule has 2 aliphatic rings. The van der Waals surface area contributed by atoms with Gasteiger partial charge in [-0.15, -0.1) is 0 Å². The Morgan fingerprint density at radius 3 is 2.73 bits per heavy atom. The Kier molecular flexibility index (Phi) is 5.91. The number of likely N-dealkylation sites (tertiary alicyclic amines) is 1. The van der Waals surface area contributed by atoms with Gasteiger partial charge in [0.2, 0.25) is 5.91 Å². The van der Waals surface area contributed by atoms with Gasteiger partial charge in [-0.2, -0.15) is 0 Å². The lowest BCUT2D eigenvalue weighted by Crippen LogP contribution is -2.57. The summed E-state index contributed by atoms with van der Waals surface area (Å²) in [5.74, 6) is 0.777. The maximum absolute atomic E-state index is 12.5. The lowest BCUT2D eigenvalue weighted by molar-refractivity contribution is -0.139. The van der Waals surface area contributed by atoms with E-state index in [9.17, 15) is 18.3 Å². The zero-order valence-electron chi connectivity index (χ0n) is 14.6. The molecule has 2 aliphatic heterocycles. The fourth-order valence-corrected chi connectivity index (χ4v) is 5.01. The number of nitrogens with zero attached hydrogens (tertiary/aromatic N) is 3. The molecular formula is C16H24ClN3O5S. The van der Waals surface area contributed by atoms with Gasteiger partial charge in [0.25, 0.3) is 0 Å². The first-order chi connectivity index (χ1) is 12.2. The SMILES string of the molecule is O=C(CCc1cc(Cl)no1)N1CCCC(O)(CN2CCS(=O)(=O)CC2)C1. The van der Waals surface area contributed by atoms with Crippen LogP contribution in [0.25, 0.3) is 0 Å². The van der Waals surface area contributed by atoms with Crippen LogP contribution in [-0.2, 0) is 21.1 Å². The van der Waals surface area contributed by atoms with Crippen LogP contribution in [0.2, 0.25) is 5.15 Å². The molecule has 10 heteroatoms. The maximum atomic E-state index is 12.5. The van der Waals surface area contributed by atoms with Crippen molar-refractivity contribution in [2.45, 2.75) is 31.3 Å². The molecule has 1 amide bonds. The standard InChI is InChI=1S/C16H24ClN3O5S/c17-14-10-13(25-18-14)2-3-15(21)20-5-1-4-16(22,12-20)11-19-6-8-26(23,24)9-7-19/h10,22H,1-9,11-12H2. The number of aromatic nitrogens is 1. The predicted octanol–water partition coefficient (Wildman–Crippen LogP) is 0.345. The summed E-state index contributed by atoms with van der Waals surface area (Å²) in [5.41, 5.74) is -0.995. The van der Waals surface area contributed by atoms with E-state index in [1.807, 2.05) is 4.90 Å². The summed E-state index contributed by atoms with van der Waals surface area (Å²) in [6.45, 7) is 2.15. The highest BCUT2D eigenvalue weighted by Gasteiger charge is 2.37. The number of sulfone groups is 1. The molecule has 1 N–H and O–H groups in total. The van der Waals surface area contributed by atoms with E-state index in [4.69, 9.17) is 16.1 Å². The van der Waals surface area contributed by atoms with E-state index < -0.39 is 15.4 Å². The van der Waals surface area contributed by atoms with Crippen LogP contribution >= 0.6 is 11.6 Å². The third-order valence-corrected chi connectivity index (χ3v) is 6.77. The number of carbonyl (C=O) groups excluding carboxylic acids is 1. The van der Waals surface area contributed by atoms with Crippen molar-refractivity contribution in [3.8, 4) is 0 Å². The van der Waals surface area contributed by atoms with E-state index >= 15 is 0 Å². The molecule has 3 heterocycles.